The maximum absolute atomic E-state index is 13.7. The van der Waals surface area contributed by atoms with Gasteiger partial charge < -0.3 is 14.2 Å². The number of phenols is 1. The third kappa shape index (κ3) is 7.07. The summed E-state index contributed by atoms with van der Waals surface area (Å²) in [5, 5.41) is 20.0. The lowest BCUT2D eigenvalue weighted by molar-refractivity contribution is 0.0969. The van der Waals surface area contributed by atoms with Crippen LogP contribution in [0.1, 0.15) is 96.1 Å². The lowest BCUT2D eigenvalue weighted by Gasteiger charge is -2.28. The summed E-state index contributed by atoms with van der Waals surface area (Å²) in [7, 11) is 0. The predicted octanol–water partition coefficient (Wildman–Crippen LogP) is 8.02. The van der Waals surface area contributed by atoms with Crippen LogP contribution in [0.5, 0.6) is 5.75 Å². The van der Waals surface area contributed by atoms with Gasteiger partial charge in [-0.2, -0.15) is 0 Å². The van der Waals surface area contributed by atoms with Crippen LogP contribution in [0.2, 0.25) is 0 Å². The first-order valence-corrected chi connectivity index (χ1v) is 13.6. The van der Waals surface area contributed by atoms with Crippen molar-refractivity contribution >= 4 is 22.8 Å². The summed E-state index contributed by atoms with van der Waals surface area (Å²) in [6.07, 6.45) is 5.19. The molecule has 3 aromatic rings. The highest BCUT2D eigenvalue weighted by molar-refractivity contribution is 8.93. The topological polar surface area (TPSA) is 71.0 Å². The predicted molar refractivity (Wildman–Crippen MR) is 163 cm³/mol. The van der Waals surface area contributed by atoms with Gasteiger partial charge in [-0.3, -0.25) is 10.2 Å². The van der Waals surface area contributed by atoms with E-state index >= 15 is 0 Å². The summed E-state index contributed by atoms with van der Waals surface area (Å²) in [6, 6.07) is 13.8. The first-order chi connectivity index (χ1) is 17.3. The molecule has 2 aromatic carbocycles. The fraction of sp³-hybridized carbons (Fsp3) is 0.500. The van der Waals surface area contributed by atoms with Crippen LogP contribution >= 0.6 is 17.0 Å². The Kier molecular flexibility index (Phi) is 10.4. The third-order valence-corrected chi connectivity index (χ3v) is 7.44. The first-order valence-electron chi connectivity index (χ1n) is 13.6. The Morgan fingerprint density at radius 3 is 1.95 bits per heavy atom. The standard InChI is InChI=1S/C32H45N3O2.BrH/c1-9-22(10-2)16-17-35-27(23-14-12-11-13-15-23)20-34(30(35)33)21-28(36)24-18-25(31(3,4)5)29(37)26(19-24)32(6,7)8;/h11-15,18-20,22,33,37H,9-10,16-17,21H2,1-8H3;1H. The van der Waals surface area contributed by atoms with E-state index in [2.05, 4.69) is 26.0 Å². The Labute approximate surface area is 239 Å². The number of aromatic hydroxyl groups is 1. The number of benzene rings is 2. The normalized spacial score (nSPS) is 12.0. The SMILES string of the molecule is Br.CCC(CC)CCn1c(-c2ccccc2)cn(CC(=O)c2cc(C(C)(C)C)c(O)c(C(C)(C)C)c2)c1=N. The lowest BCUT2D eigenvalue weighted by Crippen LogP contribution is -2.28. The number of nitrogens with one attached hydrogen (secondary N) is 1. The average molecular weight is 585 g/mol. The number of rotatable bonds is 9. The van der Waals surface area contributed by atoms with Gasteiger partial charge in [0.15, 0.2) is 5.78 Å². The van der Waals surface area contributed by atoms with E-state index < -0.39 is 0 Å². The highest BCUT2D eigenvalue weighted by atomic mass is 79.9. The highest BCUT2D eigenvalue weighted by Gasteiger charge is 2.28. The molecule has 38 heavy (non-hydrogen) atoms. The molecule has 0 fully saturated rings. The van der Waals surface area contributed by atoms with Crippen molar-refractivity contribution in [3.63, 3.8) is 0 Å². The number of Topliss-reactive ketones (excluding diaryl/α,β-unsaturated/α-hetero) is 1. The number of ketones is 1. The Bertz CT molecular complexity index is 1250. The van der Waals surface area contributed by atoms with Crippen molar-refractivity contribution in [3.05, 3.63) is 71.0 Å². The second-order valence-corrected chi connectivity index (χ2v) is 12.3. The maximum Gasteiger partial charge on any atom is 0.202 e. The van der Waals surface area contributed by atoms with Crippen LogP contribution in [0.25, 0.3) is 11.3 Å². The molecule has 0 atom stereocenters. The van der Waals surface area contributed by atoms with Gasteiger partial charge in [0.25, 0.3) is 0 Å². The summed E-state index contributed by atoms with van der Waals surface area (Å²) >= 11 is 0. The van der Waals surface area contributed by atoms with E-state index in [0.29, 0.717) is 17.1 Å². The Hall–Kier alpha value is -2.60. The summed E-state index contributed by atoms with van der Waals surface area (Å²) < 4.78 is 3.80. The van der Waals surface area contributed by atoms with Crippen molar-refractivity contribution in [1.82, 2.24) is 9.13 Å². The first kappa shape index (κ1) is 31.6. The molecule has 3 rings (SSSR count). The van der Waals surface area contributed by atoms with Crippen LogP contribution < -0.4 is 5.62 Å². The van der Waals surface area contributed by atoms with E-state index in [-0.39, 0.29) is 45.9 Å². The molecular formula is C32H46BrN3O2. The van der Waals surface area contributed by atoms with Crippen LogP contribution in [0.4, 0.5) is 0 Å². The van der Waals surface area contributed by atoms with E-state index in [1.165, 1.54) is 0 Å². The molecule has 0 aliphatic heterocycles. The van der Waals surface area contributed by atoms with E-state index in [1.54, 1.807) is 4.57 Å². The zero-order valence-electron chi connectivity index (χ0n) is 24.4. The van der Waals surface area contributed by atoms with Gasteiger partial charge in [-0.15, -0.1) is 17.0 Å². The van der Waals surface area contributed by atoms with Gasteiger partial charge >= 0.3 is 0 Å². The quantitative estimate of drug-likeness (QED) is 0.250. The monoisotopic (exact) mass is 583 g/mol. The second kappa shape index (κ2) is 12.5. The van der Waals surface area contributed by atoms with Gasteiger partial charge in [0.2, 0.25) is 5.62 Å². The van der Waals surface area contributed by atoms with Crippen molar-refractivity contribution in [2.45, 2.75) is 98.6 Å². The van der Waals surface area contributed by atoms with Crippen LogP contribution in [0.15, 0.2) is 48.7 Å². The summed E-state index contributed by atoms with van der Waals surface area (Å²) in [5.41, 5.74) is 3.83. The number of aromatic nitrogens is 2. The minimum absolute atomic E-state index is 0. The van der Waals surface area contributed by atoms with Gasteiger partial charge in [0.1, 0.15) is 5.75 Å². The van der Waals surface area contributed by atoms with Gasteiger partial charge in [-0.1, -0.05) is 98.6 Å². The summed E-state index contributed by atoms with van der Waals surface area (Å²) in [4.78, 5) is 13.7. The van der Waals surface area contributed by atoms with Gasteiger partial charge in [-0.05, 0) is 40.9 Å². The minimum atomic E-state index is -0.312. The average Bonchev–Trinajstić information content (AvgIpc) is 3.14. The molecule has 0 saturated heterocycles. The fourth-order valence-electron chi connectivity index (χ4n) is 4.93. The number of hydrogen-bond donors (Lipinski definition) is 2. The Balaban J connectivity index is 0.00000507. The summed E-state index contributed by atoms with van der Waals surface area (Å²) in [6.45, 7) is 17.5. The molecule has 0 spiro atoms. The van der Waals surface area contributed by atoms with Crippen molar-refractivity contribution in [1.29, 1.82) is 5.41 Å². The van der Waals surface area contributed by atoms with Crippen LogP contribution in [0.3, 0.4) is 0 Å². The third-order valence-electron chi connectivity index (χ3n) is 7.44. The van der Waals surface area contributed by atoms with E-state index in [1.807, 2.05) is 82.6 Å². The summed E-state index contributed by atoms with van der Waals surface area (Å²) in [5.74, 6) is 0.819. The molecular weight excluding hydrogens is 538 g/mol. The van der Waals surface area contributed by atoms with E-state index in [0.717, 1.165) is 48.2 Å². The molecule has 5 nitrogen and oxygen atoms in total. The van der Waals surface area contributed by atoms with E-state index in [9.17, 15) is 9.90 Å². The van der Waals surface area contributed by atoms with E-state index in [4.69, 9.17) is 5.41 Å². The molecule has 1 heterocycles. The molecule has 1 aromatic heterocycles. The molecule has 208 valence electrons. The van der Waals surface area contributed by atoms with Crippen molar-refractivity contribution < 1.29 is 9.90 Å². The molecule has 0 aliphatic rings. The van der Waals surface area contributed by atoms with Crippen molar-refractivity contribution in [2.24, 2.45) is 5.92 Å². The molecule has 0 unspecified atom stereocenters. The zero-order valence-corrected chi connectivity index (χ0v) is 26.1. The fourth-order valence-corrected chi connectivity index (χ4v) is 4.93. The molecule has 6 heteroatoms. The Morgan fingerprint density at radius 2 is 1.47 bits per heavy atom. The smallest absolute Gasteiger partial charge is 0.202 e. The molecule has 0 amide bonds. The van der Waals surface area contributed by atoms with Crippen molar-refractivity contribution in [3.8, 4) is 17.0 Å². The van der Waals surface area contributed by atoms with Crippen LogP contribution in [0, 0.1) is 11.3 Å². The number of nitrogens with zero attached hydrogens (tertiary/aromatic N) is 2. The lowest BCUT2D eigenvalue weighted by atomic mass is 9.78. The number of carbonyl (C=O) groups is 1. The number of phenolic OH excluding ortho intramolecular Hbond substituents is 1. The second-order valence-electron chi connectivity index (χ2n) is 12.3. The number of halogens is 1. The van der Waals surface area contributed by atoms with Gasteiger partial charge in [0, 0.05) is 29.4 Å². The van der Waals surface area contributed by atoms with Crippen LogP contribution in [-0.2, 0) is 23.9 Å². The number of hydrogen-bond acceptors (Lipinski definition) is 3. The molecule has 0 saturated carbocycles. The molecule has 2 N–H and O–H groups in total. The number of imidazole rings is 1. The zero-order chi connectivity index (χ0) is 27.5. The molecule has 0 bridgehead atoms. The molecule has 0 aliphatic carbocycles. The largest absolute Gasteiger partial charge is 0.507 e. The number of carbonyl (C=O) groups excluding carboxylic acids is 1. The maximum atomic E-state index is 13.7. The van der Waals surface area contributed by atoms with Gasteiger partial charge in [0.05, 0.1) is 12.2 Å². The van der Waals surface area contributed by atoms with Gasteiger partial charge in [-0.25, -0.2) is 0 Å². The Morgan fingerprint density at radius 1 is 0.947 bits per heavy atom. The minimum Gasteiger partial charge on any atom is -0.507 e. The molecule has 0 radical (unpaired) electrons. The van der Waals surface area contributed by atoms with Crippen LogP contribution in [-0.4, -0.2) is 20.0 Å². The highest BCUT2D eigenvalue weighted by Crippen LogP contribution is 2.40. The van der Waals surface area contributed by atoms with Crippen molar-refractivity contribution in [2.75, 3.05) is 0 Å².